The molecule has 0 heterocycles. The average molecular weight is 437 g/mol. The van der Waals surface area contributed by atoms with E-state index in [-0.39, 0.29) is 29.5 Å². The van der Waals surface area contributed by atoms with Crippen LogP contribution in [0.4, 0.5) is 0 Å². The van der Waals surface area contributed by atoms with Crippen molar-refractivity contribution in [2.45, 2.75) is 37.8 Å². The number of hydrogen-bond acceptors (Lipinski definition) is 6. The van der Waals surface area contributed by atoms with Gasteiger partial charge in [-0.2, -0.15) is 0 Å². The maximum Gasteiger partial charge on any atom is 0.258 e. The summed E-state index contributed by atoms with van der Waals surface area (Å²) in [5.74, 6) is 1.27. The zero-order chi connectivity index (χ0) is 22.3. The summed E-state index contributed by atoms with van der Waals surface area (Å²) in [5.41, 5.74) is 0.855. The molecule has 0 aromatic heterocycles. The van der Waals surface area contributed by atoms with Gasteiger partial charge in [-0.05, 0) is 62.7 Å². The van der Waals surface area contributed by atoms with Gasteiger partial charge in [0.2, 0.25) is 10.0 Å². The molecular formula is C21H28N2O6S. The van der Waals surface area contributed by atoms with E-state index in [0.29, 0.717) is 17.2 Å². The Kier molecular flexibility index (Phi) is 8.08. The fourth-order valence-electron chi connectivity index (χ4n) is 2.73. The third-order valence-electron chi connectivity index (χ3n) is 4.18. The molecule has 0 spiro atoms. The summed E-state index contributed by atoms with van der Waals surface area (Å²) in [6, 6.07) is 10.8. The molecule has 2 N–H and O–H groups in total. The van der Waals surface area contributed by atoms with Crippen molar-refractivity contribution in [3.8, 4) is 17.2 Å². The van der Waals surface area contributed by atoms with Crippen LogP contribution in [0.1, 0.15) is 32.4 Å². The average Bonchev–Trinajstić information content (AvgIpc) is 2.71. The molecule has 1 amide bonds. The summed E-state index contributed by atoms with van der Waals surface area (Å²) < 4.78 is 42.7. The van der Waals surface area contributed by atoms with Crippen molar-refractivity contribution in [3.05, 3.63) is 48.0 Å². The molecule has 30 heavy (non-hydrogen) atoms. The predicted molar refractivity (Wildman–Crippen MR) is 113 cm³/mol. The van der Waals surface area contributed by atoms with Gasteiger partial charge in [0.15, 0.2) is 18.1 Å². The second-order valence-electron chi connectivity index (χ2n) is 6.94. The Hall–Kier alpha value is -2.78. The molecule has 0 radical (unpaired) electrons. The normalized spacial score (nSPS) is 12.3. The minimum atomic E-state index is -3.57. The van der Waals surface area contributed by atoms with E-state index in [2.05, 4.69) is 10.0 Å². The van der Waals surface area contributed by atoms with E-state index >= 15 is 0 Å². The summed E-state index contributed by atoms with van der Waals surface area (Å²) in [4.78, 5) is 12.4. The number of rotatable bonds is 10. The van der Waals surface area contributed by atoms with Crippen molar-refractivity contribution in [2.75, 3.05) is 20.8 Å². The molecule has 1 unspecified atom stereocenters. The summed E-state index contributed by atoms with van der Waals surface area (Å²) in [7, 11) is -0.461. The van der Waals surface area contributed by atoms with Crippen molar-refractivity contribution < 1.29 is 27.4 Å². The fourth-order valence-corrected chi connectivity index (χ4v) is 3.98. The summed E-state index contributed by atoms with van der Waals surface area (Å²) in [5, 5.41) is 2.85. The zero-order valence-electron chi connectivity index (χ0n) is 17.8. The third-order valence-corrected chi connectivity index (χ3v) is 5.85. The van der Waals surface area contributed by atoms with Gasteiger partial charge in [-0.25, -0.2) is 13.1 Å². The third kappa shape index (κ3) is 6.36. The maximum atomic E-state index is 12.2. The van der Waals surface area contributed by atoms with Crippen LogP contribution in [0.2, 0.25) is 0 Å². The van der Waals surface area contributed by atoms with Gasteiger partial charge in [-0.1, -0.05) is 6.07 Å². The molecular weight excluding hydrogens is 408 g/mol. The van der Waals surface area contributed by atoms with Crippen LogP contribution in [0, 0.1) is 0 Å². The first-order valence-electron chi connectivity index (χ1n) is 9.42. The van der Waals surface area contributed by atoms with E-state index in [1.807, 2.05) is 13.0 Å². The fraction of sp³-hybridized carbons (Fsp3) is 0.381. The van der Waals surface area contributed by atoms with Crippen LogP contribution < -0.4 is 24.2 Å². The van der Waals surface area contributed by atoms with E-state index in [1.165, 1.54) is 24.3 Å². The first-order valence-corrected chi connectivity index (χ1v) is 10.9. The number of hydrogen-bond donors (Lipinski definition) is 2. The highest BCUT2D eigenvalue weighted by Crippen LogP contribution is 2.29. The second-order valence-corrected chi connectivity index (χ2v) is 8.65. The smallest absolute Gasteiger partial charge is 0.258 e. The lowest BCUT2D eigenvalue weighted by Crippen LogP contribution is -2.31. The summed E-state index contributed by atoms with van der Waals surface area (Å²) in [6.07, 6.45) is 0. The molecule has 0 fully saturated rings. The zero-order valence-corrected chi connectivity index (χ0v) is 18.6. The Balaban J connectivity index is 1.93. The second kappa shape index (κ2) is 10.3. The number of methoxy groups -OCH3 is 2. The number of carbonyl (C=O) groups is 1. The lowest BCUT2D eigenvalue weighted by molar-refractivity contribution is -0.123. The number of amides is 1. The van der Waals surface area contributed by atoms with Crippen molar-refractivity contribution in [3.63, 3.8) is 0 Å². The molecule has 0 aliphatic carbocycles. The van der Waals surface area contributed by atoms with Gasteiger partial charge in [0.25, 0.3) is 5.91 Å². The molecule has 0 bridgehead atoms. The van der Waals surface area contributed by atoms with Gasteiger partial charge in [0, 0.05) is 6.04 Å². The molecule has 2 aromatic rings. The van der Waals surface area contributed by atoms with E-state index in [4.69, 9.17) is 14.2 Å². The minimum absolute atomic E-state index is 0.134. The highest BCUT2D eigenvalue weighted by molar-refractivity contribution is 7.89. The number of ether oxygens (including phenoxy) is 3. The number of nitrogens with one attached hydrogen (secondary N) is 2. The predicted octanol–water partition coefficient (Wildman–Crippen LogP) is 2.65. The van der Waals surface area contributed by atoms with Crippen LogP contribution >= 0.6 is 0 Å². The van der Waals surface area contributed by atoms with Gasteiger partial charge >= 0.3 is 0 Å². The van der Waals surface area contributed by atoms with Gasteiger partial charge in [0.05, 0.1) is 25.2 Å². The van der Waals surface area contributed by atoms with E-state index in [1.54, 1.807) is 40.2 Å². The largest absolute Gasteiger partial charge is 0.493 e. The monoisotopic (exact) mass is 436 g/mol. The van der Waals surface area contributed by atoms with Crippen LogP contribution in [0.25, 0.3) is 0 Å². The highest BCUT2D eigenvalue weighted by atomic mass is 32.2. The van der Waals surface area contributed by atoms with Crippen LogP contribution in [-0.2, 0) is 14.8 Å². The molecule has 0 saturated heterocycles. The summed E-state index contributed by atoms with van der Waals surface area (Å²) >= 11 is 0. The standard InChI is InChI=1S/C21H28N2O6S/c1-14(2)23-30(25,26)18-9-7-17(8-10-18)29-13-21(24)22-15(3)16-6-11-19(27-4)20(12-16)28-5/h6-12,14-15,23H,13H2,1-5H3,(H,22,24). The van der Waals surface area contributed by atoms with E-state index in [0.717, 1.165) is 5.56 Å². The number of benzene rings is 2. The molecule has 9 heteroatoms. The Morgan fingerprint density at radius 1 is 0.967 bits per heavy atom. The van der Waals surface area contributed by atoms with Crippen LogP contribution in [0.5, 0.6) is 17.2 Å². The Morgan fingerprint density at radius 3 is 2.17 bits per heavy atom. The van der Waals surface area contributed by atoms with Crippen molar-refractivity contribution >= 4 is 15.9 Å². The molecule has 1 atom stereocenters. The molecule has 0 aliphatic heterocycles. The molecule has 8 nitrogen and oxygen atoms in total. The quantitative estimate of drug-likeness (QED) is 0.594. The number of sulfonamides is 1. The lowest BCUT2D eigenvalue weighted by Gasteiger charge is -2.17. The minimum Gasteiger partial charge on any atom is -0.493 e. The van der Waals surface area contributed by atoms with Crippen molar-refractivity contribution in [1.29, 1.82) is 0 Å². The highest BCUT2D eigenvalue weighted by Gasteiger charge is 2.16. The van der Waals surface area contributed by atoms with Gasteiger partial charge in [-0.15, -0.1) is 0 Å². The van der Waals surface area contributed by atoms with Gasteiger partial charge < -0.3 is 19.5 Å². The van der Waals surface area contributed by atoms with E-state index < -0.39 is 10.0 Å². The Morgan fingerprint density at radius 2 is 1.60 bits per heavy atom. The first-order chi connectivity index (χ1) is 14.2. The van der Waals surface area contributed by atoms with Crippen LogP contribution in [-0.4, -0.2) is 41.2 Å². The summed E-state index contributed by atoms with van der Waals surface area (Å²) in [6.45, 7) is 5.14. The Bertz CT molecular complexity index is 958. The number of carbonyl (C=O) groups excluding carboxylic acids is 1. The van der Waals surface area contributed by atoms with Gasteiger partial charge in [-0.3, -0.25) is 4.79 Å². The Labute approximate surface area is 177 Å². The maximum absolute atomic E-state index is 12.2. The molecule has 2 aromatic carbocycles. The van der Waals surface area contributed by atoms with Crippen molar-refractivity contribution in [1.82, 2.24) is 10.0 Å². The van der Waals surface area contributed by atoms with Crippen LogP contribution in [0.15, 0.2) is 47.4 Å². The SMILES string of the molecule is COc1ccc(C(C)NC(=O)COc2ccc(S(=O)(=O)NC(C)C)cc2)cc1OC. The van der Waals surface area contributed by atoms with Gasteiger partial charge in [0.1, 0.15) is 5.75 Å². The molecule has 164 valence electrons. The lowest BCUT2D eigenvalue weighted by atomic mass is 10.1. The molecule has 0 aliphatic rings. The first kappa shape index (κ1) is 23.5. The molecule has 0 saturated carbocycles. The molecule has 2 rings (SSSR count). The van der Waals surface area contributed by atoms with Crippen LogP contribution in [0.3, 0.4) is 0 Å². The topological polar surface area (TPSA) is 103 Å². The van der Waals surface area contributed by atoms with E-state index in [9.17, 15) is 13.2 Å². The van der Waals surface area contributed by atoms with Crippen molar-refractivity contribution in [2.24, 2.45) is 0 Å².